The molecule has 0 aliphatic heterocycles. The van der Waals surface area contributed by atoms with Gasteiger partial charge in [-0.3, -0.25) is 14.9 Å². The Balaban J connectivity index is 2.34. The van der Waals surface area contributed by atoms with Crippen LogP contribution in [-0.4, -0.2) is 10.8 Å². The highest BCUT2D eigenvalue weighted by Crippen LogP contribution is 2.37. The maximum atomic E-state index is 12.9. The second-order valence-corrected chi connectivity index (χ2v) is 6.39. The molecule has 0 saturated heterocycles. The van der Waals surface area contributed by atoms with Crippen LogP contribution in [0.25, 0.3) is 0 Å². The normalized spacial score (nSPS) is 12.1. The Morgan fingerprint density at radius 3 is 2.09 bits per heavy atom. The number of hydrogen-bond acceptors (Lipinski definition) is 5. The molecular weight excluding hydrogens is 470 g/mol. The van der Waals surface area contributed by atoms with E-state index in [2.05, 4.69) is 5.32 Å². The van der Waals surface area contributed by atoms with Gasteiger partial charge in [-0.05, 0) is 24.3 Å². The molecule has 0 heterocycles. The van der Waals surface area contributed by atoms with Crippen LogP contribution in [0.15, 0.2) is 48.2 Å². The van der Waals surface area contributed by atoms with E-state index in [1.54, 1.807) is 0 Å². The van der Waals surface area contributed by atoms with E-state index in [9.17, 15) is 41.3 Å². The molecule has 168 valence electrons. The minimum atomic E-state index is -5.09. The molecule has 14 heteroatoms. The highest BCUT2D eigenvalue weighted by molar-refractivity contribution is 6.34. The summed E-state index contributed by atoms with van der Waals surface area (Å²) in [5.41, 5.74) is -5.34. The van der Waals surface area contributed by atoms with Gasteiger partial charge in [0.25, 0.3) is 11.6 Å². The lowest BCUT2D eigenvalue weighted by atomic mass is 10.1. The third kappa shape index (κ3) is 6.11. The van der Waals surface area contributed by atoms with Crippen molar-refractivity contribution in [1.29, 1.82) is 5.26 Å². The van der Waals surface area contributed by atoms with E-state index in [1.165, 1.54) is 6.07 Å². The van der Waals surface area contributed by atoms with E-state index in [4.69, 9.17) is 16.9 Å². The number of non-ortho nitro benzene ring substituents is 1. The predicted octanol–water partition coefficient (Wildman–Crippen LogP) is 5.74. The van der Waals surface area contributed by atoms with Crippen LogP contribution in [0, 0.1) is 21.4 Å². The second-order valence-electron chi connectivity index (χ2n) is 5.98. The summed E-state index contributed by atoms with van der Waals surface area (Å²) in [6.07, 6.45) is -9.60. The number of amides is 1. The van der Waals surface area contributed by atoms with Crippen molar-refractivity contribution < 1.29 is 36.1 Å². The summed E-state index contributed by atoms with van der Waals surface area (Å²) >= 11 is 5.82. The Kier molecular flexibility index (Phi) is 7.00. The Morgan fingerprint density at radius 2 is 1.62 bits per heavy atom. The lowest BCUT2D eigenvalue weighted by Crippen LogP contribution is -2.15. The predicted molar refractivity (Wildman–Crippen MR) is 101 cm³/mol. The number of nitriles is 1. The molecule has 0 bridgehead atoms. The quantitative estimate of drug-likeness (QED) is 0.187. The minimum Gasteiger partial charge on any atom is -0.360 e. The summed E-state index contributed by atoms with van der Waals surface area (Å²) in [7, 11) is 0. The summed E-state index contributed by atoms with van der Waals surface area (Å²) in [6, 6.07) is 5.08. The van der Waals surface area contributed by atoms with Gasteiger partial charge in [0.05, 0.1) is 26.8 Å². The van der Waals surface area contributed by atoms with Crippen molar-refractivity contribution in [2.24, 2.45) is 0 Å². The molecule has 0 unspecified atom stereocenters. The number of nitro groups is 1. The number of anilines is 2. The Hall–Kier alpha value is -3.79. The molecular formula is C18H9ClF6N4O3. The van der Waals surface area contributed by atoms with Crippen molar-refractivity contribution in [3.8, 4) is 6.07 Å². The van der Waals surface area contributed by atoms with Crippen molar-refractivity contribution in [2.75, 3.05) is 10.6 Å². The maximum absolute atomic E-state index is 12.9. The molecule has 1 amide bonds. The van der Waals surface area contributed by atoms with Crippen molar-refractivity contribution >= 4 is 34.6 Å². The van der Waals surface area contributed by atoms with Gasteiger partial charge in [-0.1, -0.05) is 11.6 Å². The monoisotopic (exact) mass is 478 g/mol. The third-order valence-electron chi connectivity index (χ3n) is 3.74. The largest absolute Gasteiger partial charge is 0.416 e. The van der Waals surface area contributed by atoms with Crippen molar-refractivity contribution in [2.45, 2.75) is 12.4 Å². The average Bonchev–Trinajstić information content (AvgIpc) is 2.68. The molecule has 0 radical (unpaired) electrons. The number of alkyl halides is 6. The van der Waals surface area contributed by atoms with Crippen LogP contribution in [0.4, 0.5) is 43.4 Å². The minimum absolute atomic E-state index is 0.0862. The van der Waals surface area contributed by atoms with Crippen LogP contribution < -0.4 is 10.6 Å². The molecule has 32 heavy (non-hydrogen) atoms. The van der Waals surface area contributed by atoms with Gasteiger partial charge in [0.1, 0.15) is 11.6 Å². The Morgan fingerprint density at radius 1 is 1.06 bits per heavy atom. The Bertz CT molecular complexity index is 1110. The molecule has 0 aliphatic carbocycles. The van der Waals surface area contributed by atoms with Gasteiger partial charge in [0.2, 0.25) is 0 Å². The number of hydrogen-bond donors (Lipinski definition) is 2. The summed E-state index contributed by atoms with van der Waals surface area (Å²) in [5, 5.41) is 23.9. The van der Waals surface area contributed by atoms with E-state index in [-0.39, 0.29) is 16.8 Å². The van der Waals surface area contributed by atoms with Crippen LogP contribution in [-0.2, 0) is 17.1 Å². The first-order valence-electron chi connectivity index (χ1n) is 8.14. The van der Waals surface area contributed by atoms with Crippen molar-refractivity contribution in [3.05, 3.63) is 74.4 Å². The highest BCUT2D eigenvalue weighted by Gasteiger charge is 2.36. The SMILES string of the molecule is N#C/C(=C/Nc1cc(C(F)(F)F)cc(C(F)(F)F)c1)C(=O)Nc1cc([N+](=O)[O-])ccc1Cl. The third-order valence-corrected chi connectivity index (χ3v) is 4.07. The number of nitro benzene ring substituents is 1. The molecule has 0 fully saturated rings. The van der Waals surface area contributed by atoms with E-state index >= 15 is 0 Å². The smallest absolute Gasteiger partial charge is 0.360 e. The van der Waals surface area contributed by atoms with Crippen LogP contribution in [0.1, 0.15) is 11.1 Å². The fourth-order valence-corrected chi connectivity index (χ4v) is 2.42. The molecule has 0 spiro atoms. The molecule has 0 aromatic heterocycles. The number of carbonyl (C=O) groups is 1. The van der Waals surface area contributed by atoms with E-state index < -0.39 is 51.3 Å². The first-order chi connectivity index (χ1) is 14.7. The van der Waals surface area contributed by atoms with Crippen LogP contribution in [0.3, 0.4) is 0 Å². The van der Waals surface area contributed by atoms with E-state index in [0.717, 1.165) is 18.2 Å². The molecule has 2 aromatic rings. The fourth-order valence-electron chi connectivity index (χ4n) is 2.25. The maximum Gasteiger partial charge on any atom is 0.416 e. The standard InChI is InChI=1S/C18H9ClF6N4O3/c19-14-2-1-13(29(31)32)6-15(14)28-16(30)9(7-26)8-27-12-4-10(17(20,21)22)3-11(5-12)18(23,24)25/h1-6,8,27H,(H,28,30)/b9-8-. The number of nitrogens with zero attached hydrogens (tertiary/aromatic N) is 2. The second kappa shape index (κ2) is 9.15. The van der Waals surface area contributed by atoms with Gasteiger partial charge in [-0.15, -0.1) is 0 Å². The topological polar surface area (TPSA) is 108 Å². The van der Waals surface area contributed by atoms with Crippen LogP contribution in [0.2, 0.25) is 5.02 Å². The van der Waals surface area contributed by atoms with E-state index in [1.807, 2.05) is 5.32 Å². The van der Waals surface area contributed by atoms with Gasteiger partial charge >= 0.3 is 12.4 Å². The van der Waals surface area contributed by atoms with Crippen molar-refractivity contribution in [1.82, 2.24) is 0 Å². The van der Waals surface area contributed by atoms with Gasteiger partial charge in [-0.25, -0.2) is 0 Å². The van der Waals surface area contributed by atoms with Crippen LogP contribution >= 0.6 is 11.6 Å². The molecule has 0 saturated carbocycles. The molecule has 2 N–H and O–H groups in total. The van der Waals surface area contributed by atoms with E-state index in [0.29, 0.717) is 18.3 Å². The first-order valence-corrected chi connectivity index (χ1v) is 8.51. The number of carbonyl (C=O) groups excluding carboxylic acids is 1. The van der Waals surface area contributed by atoms with Gasteiger partial charge < -0.3 is 10.6 Å². The van der Waals surface area contributed by atoms with Gasteiger partial charge in [0.15, 0.2) is 0 Å². The number of rotatable bonds is 5. The Labute approximate surface area is 180 Å². The lowest BCUT2D eigenvalue weighted by Gasteiger charge is -2.14. The zero-order valence-electron chi connectivity index (χ0n) is 15.3. The molecule has 2 rings (SSSR count). The van der Waals surface area contributed by atoms with Gasteiger partial charge in [0, 0.05) is 24.0 Å². The summed E-state index contributed by atoms with van der Waals surface area (Å²) < 4.78 is 77.5. The number of halogens is 7. The molecule has 2 aromatic carbocycles. The number of nitrogens with one attached hydrogen (secondary N) is 2. The van der Waals surface area contributed by atoms with Crippen LogP contribution in [0.5, 0.6) is 0 Å². The zero-order chi connectivity index (χ0) is 24.3. The summed E-state index contributed by atoms with van der Waals surface area (Å²) in [5.74, 6) is -1.18. The van der Waals surface area contributed by atoms with Gasteiger partial charge in [-0.2, -0.15) is 31.6 Å². The molecule has 7 nitrogen and oxygen atoms in total. The molecule has 0 atom stereocenters. The number of benzene rings is 2. The summed E-state index contributed by atoms with van der Waals surface area (Å²) in [6.45, 7) is 0. The summed E-state index contributed by atoms with van der Waals surface area (Å²) in [4.78, 5) is 22.3. The fraction of sp³-hybridized carbons (Fsp3) is 0.111. The highest BCUT2D eigenvalue weighted by atomic mass is 35.5. The van der Waals surface area contributed by atoms with Crippen molar-refractivity contribution in [3.63, 3.8) is 0 Å². The zero-order valence-corrected chi connectivity index (χ0v) is 16.1. The average molecular weight is 479 g/mol. The first kappa shape index (κ1) is 24.5. The molecule has 0 aliphatic rings. The lowest BCUT2D eigenvalue weighted by molar-refractivity contribution is -0.384.